The average Bonchev–Trinajstić information content (AvgIpc) is 2.93. The average molecular weight is 590 g/mol. The van der Waals surface area contributed by atoms with Crippen LogP contribution in [0.4, 0.5) is 10.1 Å². The zero-order chi connectivity index (χ0) is 29.2. The number of methoxy groups -OCH3 is 1. The molecule has 40 heavy (non-hydrogen) atoms. The van der Waals surface area contributed by atoms with Gasteiger partial charge >= 0.3 is 0 Å². The first-order valence-electron chi connectivity index (χ1n) is 12.3. The summed E-state index contributed by atoms with van der Waals surface area (Å²) in [5.74, 6) is -0.813. The highest BCUT2D eigenvalue weighted by atomic mass is 35.5. The van der Waals surface area contributed by atoms with Crippen molar-refractivity contribution < 1.29 is 22.7 Å². The van der Waals surface area contributed by atoms with Crippen LogP contribution < -0.4 is 20.3 Å². The van der Waals surface area contributed by atoms with E-state index in [1.165, 1.54) is 30.3 Å². The van der Waals surface area contributed by atoms with Crippen LogP contribution in [0.5, 0.6) is 5.88 Å². The van der Waals surface area contributed by atoms with Gasteiger partial charge in [-0.05, 0) is 60.8 Å². The lowest BCUT2D eigenvalue weighted by molar-refractivity contribution is 0.0593. The normalized spacial score (nSPS) is 14.1. The molecule has 0 spiro atoms. The quantitative estimate of drug-likeness (QED) is 0.237. The highest BCUT2D eigenvalue weighted by Crippen LogP contribution is 2.32. The van der Waals surface area contributed by atoms with Gasteiger partial charge in [-0.1, -0.05) is 31.5 Å². The molecule has 0 saturated carbocycles. The van der Waals surface area contributed by atoms with Gasteiger partial charge in [-0.25, -0.2) is 22.8 Å². The lowest BCUT2D eigenvalue weighted by Gasteiger charge is -2.25. The Morgan fingerprint density at radius 1 is 1.12 bits per heavy atom. The Bertz CT molecular complexity index is 1720. The van der Waals surface area contributed by atoms with Crippen molar-refractivity contribution in [1.29, 1.82) is 0 Å². The number of pyridine rings is 1. The number of aromatic nitrogens is 3. The van der Waals surface area contributed by atoms with Crippen molar-refractivity contribution in [2.75, 3.05) is 18.9 Å². The van der Waals surface area contributed by atoms with Gasteiger partial charge in [0.1, 0.15) is 22.6 Å². The lowest BCUT2D eigenvalue weighted by Crippen LogP contribution is -2.37. The Balaban J connectivity index is 1.70. The summed E-state index contributed by atoms with van der Waals surface area (Å²) in [7, 11) is -1.21. The number of nitrogens with zero attached hydrogens (tertiary/aromatic N) is 3. The number of rotatable bonds is 10. The van der Waals surface area contributed by atoms with Crippen LogP contribution in [0.1, 0.15) is 13.8 Å². The first kappa shape index (κ1) is 29.4. The van der Waals surface area contributed by atoms with Crippen molar-refractivity contribution in [3.8, 4) is 17.0 Å². The van der Waals surface area contributed by atoms with Gasteiger partial charge in [0, 0.05) is 18.3 Å². The molecule has 1 unspecified atom stereocenters. The van der Waals surface area contributed by atoms with Crippen LogP contribution in [0.25, 0.3) is 22.0 Å². The van der Waals surface area contributed by atoms with Gasteiger partial charge in [0.05, 0.1) is 29.4 Å². The molecule has 0 saturated heterocycles. The van der Waals surface area contributed by atoms with E-state index in [-0.39, 0.29) is 38.9 Å². The van der Waals surface area contributed by atoms with Crippen molar-refractivity contribution >= 4 is 38.2 Å². The third-order valence-electron chi connectivity index (χ3n) is 6.81. The monoisotopic (exact) mass is 589 g/mol. The lowest BCUT2D eigenvalue weighted by atomic mass is 9.94. The van der Waals surface area contributed by atoms with E-state index < -0.39 is 22.1 Å². The summed E-state index contributed by atoms with van der Waals surface area (Å²) in [6.45, 7) is 4.20. The van der Waals surface area contributed by atoms with E-state index in [0.29, 0.717) is 28.6 Å². The maximum Gasteiger partial charge on any atom is 0.263 e. The Morgan fingerprint density at radius 3 is 2.55 bits per heavy atom. The van der Waals surface area contributed by atoms with E-state index in [9.17, 15) is 22.7 Å². The van der Waals surface area contributed by atoms with Crippen molar-refractivity contribution in [3.05, 3.63) is 76.2 Å². The second-order valence-corrected chi connectivity index (χ2v) is 11.5. The zero-order valence-corrected chi connectivity index (χ0v) is 23.8. The van der Waals surface area contributed by atoms with E-state index in [1.807, 2.05) is 13.8 Å². The van der Waals surface area contributed by atoms with Crippen molar-refractivity contribution in [2.24, 2.45) is 11.8 Å². The van der Waals surface area contributed by atoms with Crippen LogP contribution >= 0.6 is 11.6 Å². The largest absolute Gasteiger partial charge is 0.480 e. The summed E-state index contributed by atoms with van der Waals surface area (Å²) in [6.07, 6.45) is 2.27. The van der Waals surface area contributed by atoms with Crippen LogP contribution in [0.3, 0.4) is 0 Å². The van der Waals surface area contributed by atoms with Gasteiger partial charge in [0.2, 0.25) is 5.88 Å². The molecule has 3 atom stereocenters. The van der Waals surface area contributed by atoms with E-state index >= 15 is 0 Å². The number of aliphatic hydroxyl groups excluding tert-OH is 1. The van der Waals surface area contributed by atoms with Gasteiger partial charge in [0.15, 0.2) is 0 Å². The molecule has 13 heteroatoms. The number of aliphatic hydroxyl groups is 1. The molecule has 0 aliphatic rings. The summed E-state index contributed by atoms with van der Waals surface area (Å²) < 4.78 is 48.7. The minimum Gasteiger partial charge on any atom is -0.480 e. The molecular formula is C27H29ClFN5O5S. The van der Waals surface area contributed by atoms with E-state index in [4.69, 9.17) is 16.3 Å². The molecule has 2 aromatic heterocycles. The fraction of sp³-hybridized carbons (Fsp3) is 0.296. The van der Waals surface area contributed by atoms with E-state index in [1.54, 1.807) is 25.2 Å². The molecule has 10 nitrogen and oxygen atoms in total. The Labute approximate surface area is 235 Å². The summed E-state index contributed by atoms with van der Waals surface area (Å²) in [4.78, 5) is 21.7. The fourth-order valence-corrected chi connectivity index (χ4v) is 5.84. The molecule has 0 amide bonds. The summed E-state index contributed by atoms with van der Waals surface area (Å²) in [5.41, 5.74) is 1.36. The van der Waals surface area contributed by atoms with Gasteiger partial charge in [-0.2, -0.15) is 0 Å². The van der Waals surface area contributed by atoms with Crippen LogP contribution in [-0.4, -0.2) is 48.4 Å². The summed E-state index contributed by atoms with van der Waals surface area (Å²) in [6, 6.07) is 9.57. The van der Waals surface area contributed by atoms with Gasteiger partial charge in [-0.15, -0.1) is 0 Å². The number of hydrogen-bond acceptors (Lipinski definition) is 8. The Kier molecular flexibility index (Phi) is 8.74. The van der Waals surface area contributed by atoms with Crippen molar-refractivity contribution in [2.45, 2.75) is 31.5 Å². The summed E-state index contributed by atoms with van der Waals surface area (Å²) >= 11 is 5.98. The first-order valence-corrected chi connectivity index (χ1v) is 14.2. The predicted octanol–water partition coefficient (Wildman–Crippen LogP) is 3.87. The summed E-state index contributed by atoms with van der Waals surface area (Å²) in [5, 5.41) is 13.0. The molecule has 4 rings (SSSR count). The van der Waals surface area contributed by atoms with Crippen LogP contribution in [-0.2, 0) is 16.6 Å². The molecule has 0 radical (unpaired) electrons. The first-order chi connectivity index (χ1) is 18.9. The highest BCUT2D eigenvalue weighted by molar-refractivity contribution is 7.92. The fourth-order valence-electron chi connectivity index (χ4n) is 4.26. The second kappa shape index (κ2) is 11.9. The maximum atomic E-state index is 13.5. The molecule has 4 aromatic rings. The maximum absolute atomic E-state index is 13.5. The Morgan fingerprint density at radius 2 is 1.88 bits per heavy atom. The number of halogens is 2. The molecule has 2 aromatic carbocycles. The third-order valence-corrected chi connectivity index (χ3v) is 8.65. The van der Waals surface area contributed by atoms with Crippen LogP contribution in [0.2, 0.25) is 5.02 Å². The predicted molar refractivity (Wildman–Crippen MR) is 151 cm³/mol. The topological polar surface area (TPSA) is 135 Å². The minimum atomic E-state index is -4.22. The van der Waals surface area contributed by atoms with Crippen molar-refractivity contribution in [3.63, 3.8) is 0 Å². The van der Waals surface area contributed by atoms with Crippen LogP contribution in [0, 0.1) is 17.7 Å². The SMILES string of the molecule is CNC(O)[C@@H](C)[C@H](C)Cn1cnc2ccc(-c3cnc(OC)c(NS(=O)(=O)c4ccc(F)cc4Cl)c3)cc2c1=O. The third kappa shape index (κ3) is 6.09. The number of sulfonamides is 1. The molecule has 3 N–H and O–H groups in total. The highest BCUT2D eigenvalue weighted by Gasteiger charge is 2.22. The molecule has 0 bridgehead atoms. The van der Waals surface area contributed by atoms with Gasteiger partial charge in [0.25, 0.3) is 15.6 Å². The molecule has 212 valence electrons. The van der Waals surface area contributed by atoms with E-state index in [2.05, 4.69) is 20.0 Å². The molecular weight excluding hydrogens is 561 g/mol. The van der Waals surface area contributed by atoms with Gasteiger partial charge < -0.3 is 9.84 Å². The number of hydrogen-bond donors (Lipinski definition) is 3. The standard InChI is InChI=1S/C27H29ClFN5O5S/c1-15(16(2)25(35)30-3)13-34-14-32-22-7-5-17(9-20(22)27(34)36)18-10-23(26(39-4)31-12-18)33-40(37,38)24-8-6-19(29)11-21(24)28/h5-12,14-16,25,30,33,35H,13H2,1-4H3/t15-,16+,25?/m1/s1. The zero-order valence-electron chi connectivity index (χ0n) is 22.2. The minimum absolute atomic E-state index is 0.00207. The molecule has 0 fully saturated rings. The molecule has 0 aliphatic carbocycles. The molecule has 0 aliphatic heterocycles. The number of benzene rings is 2. The van der Waals surface area contributed by atoms with E-state index in [0.717, 1.165) is 18.2 Å². The molecule has 2 heterocycles. The smallest absolute Gasteiger partial charge is 0.263 e. The van der Waals surface area contributed by atoms with Gasteiger partial charge in [-0.3, -0.25) is 19.4 Å². The number of fused-ring (bicyclic) bond motifs is 1. The number of nitrogens with one attached hydrogen (secondary N) is 2. The Hall–Kier alpha value is -3.58. The van der Waals surface area contributed by atoms with Crippen molar-refractivity contribution in [1.82, 2.24) is 19.9 Å². The van der Waals surface area contributed by atoms with Crippen LogP contribution in [0.15, 0.2) is 64.7 Å². The number of ether oxygens (including phenoxy) is 1. The number of anilines is 1. The second-order valence-electron chi connectivity index (χ2n) is 9.46.